The third-order valence-corrected chi connectivity index (χ3v) is 6.74. The Balaban J connectivity index is 1.36. The summed E-state index contributed by atoms with van der Waals surface area (Å²) in [6.07, 6.45) is 10.4. The van der Waals surface area contributed by atoms with Crippen molar-refractivity contribution >= 4 is 5.96 Å². The number of nitrogens with one attached hydrogen (secondary N) is 2. The molecule has 0 radical (unpaired) electrons. The first-order valence-corrected chi connectivity index (χ1v) is 11.1. The zero-order valence-corrected chi connectivity index (χ0v) is 17.1. The Bertz CT molecular complexity index is 625. The topological polar surface area (TPSA) is 68.0 Å². The predicted octanol–water partition coefficient (Wildman–Crippen LogP) is 3.13. The first-order chi connectivity index (χ1) is 13.8. The van der Waals surface area contributed by atoms with E-state index in [2.05, 4.69) is 10.6 Å². The van der Waals surface area contributed by atoms with Crippen LogP contribution in [0.25, 0.3) is 0 Å². The predicted molar refractivity (Wildman–Crippen MR) is 109 cm³/mol. The Morgan fingerprint density at radius 3 is 3.04 bits per heavy atom. The molecular weight excluding hydrogens is 354 g/mol. The lowest BCUT2D eigenvalue weighted by molar-refractivity contribution is -0.125. The van der Waals surface area contributed by atoms with Gasteiger partial charge in [0, 0.05) is 56.7 Å². The zero-order chi connectivity index (χ0) is 19.2. The van der Waals surface area contributed by atoms with Crippen LogP contribution >= 0.6 is 0 Å². The molecule has 0 amide bonds. The van der Waals surface area contributed by atoms with Gasteiger partial charge in [0.15, 0.2) is 5.96 Å². The molecule has 1 aromatic rings. The fourth-order valence-corrected chi connectivity index (χ4v) is 5.46. The van der Waals surface area contributed by atoms with Crippen molar-refractivity contribution in [1.82, 2.24) is 10.6 Å². The van der Waals surface area contributed by atoms with E-state index in [1.54, 1.807) is 6.26 Å². The molecule has 6 heteroatoms. The molecule has 2 N–H and O–H groups in total. The van der Waals surface area contributed by atoms with Crippen molar-refractivity contribution in [3.63, 3.8) is 0 Å². The van der Waals surface area contributed by atoms with Crippen molar-refractivity contribution in [2.45, 2.75) is 64.0 Å². The minimum absolute atomic E-state index is 0.329. The fraction of sp³-hybridized carbons (Fsp3) is 0.773. The van der Waals surface area contributed by atoms with Gasteiger partial charge in [0.1, 0.15) is 5.76 Å². The maximum Gasteiger partial charge on any atom is 0.191 e. The molecule has 2 heterocycles. The lowest BCUT2D eigenvalue weighted by Crippen LogP contribution is -2.69. The van der Waals surface area contributed by atoms with Crippen LogP contribution < -0.4 is 10.6 Å². The molecule has 2 saturated carbocycles. The van der Waals surface area contributed by atoms with E-state index in [1.165, 1.54) is 32.1 Å². The molecule has 3 fully saturated rings. The number of furan rings is 1. The van der Waals surface area contributed by atoms with E-state index < -0.39 is 0 Å². The van der Waals surface area contributed by atoms with E-state index in [1.807, 2.05) is 19.1 Å². The number of hydrogen-bond acceptors (Lipinski definition) is 4. The molecule has 3 atom stereocenters. The van der Waals surface area contributed by atoms with E-state index >= 15 is 0 Å². The summed E-state index contributed by atoms with van der Waals surface area (Å²) >= 11 is 0. The smallest absolute Gasteiger partial charge is 0.191 e. The molecule has 156 valence electrons. The molecule has 3 unspecified atom stereocenters. The highest BCUT2D eigenvalue weighted by Crippen LogP contribution is 2.60. The molecular formula is C22H35N3O3. The summed E-state index contributed by atoms with van der Waals surface area (Å²) in [5.41, 5.74) is 0.329. The number of aliphatic imine (C=N–C) groups is 1. The maximum absolute atomic E-state index is 6.13. The number of guanidine groups is 1. The van der Waals surface area contributed by atoms with Crippen LogP contribution in [0.3, 0.4) is 0 Å². The zero-order valence-electron chi connectivity index (χ0n) is 17.1. The van der Waals surface area contributed by atoms with Gasteiger partial charge < -0.3 is 24.5 Å². The molecule has 0 aromatic carbocycles. The minimum Gasteiger partial charge on any atom is -0.469 e. The second-order valence-corrected chi connectivity index (χ2v) is 8.34. The number of nitrogens with zero attached hydrogens (tertiary/aromatic N) is 1. The van der Waals surface area contributed by atoms with E-state index in [0.717, 1.165) is 57.5 Å². The summed E-state index contributed by atoms with van der Waals surface area (Å²) in [5.74, 6) is 2.58. The van der Waals surface area contributed by atoms with Crippen molar-refractivity contribution < 1.29 is 13.9 Å². The maximum atomic E-state index is 6.13. The van der Waals surface area contributed by atoms with Crippen LogP contribution in [0.4, 0.5) is 0 Å². The third-order valence-electron chi connectivity index (χ3n) is 6.74. The average Bonchev–Trinajstić information content (AvgIpc) is 3.46. The molecule has 1 aromatic heterocycles. The van der Waals surface area contributed by atoms with Gasteiger partial charge in [-0.25, -0.2) is 0 Å². The summed E-state index contributed by atoms with van der Waals surface area (Å²) in [6.45, 7) is 6.08. The Labute approximate surface area is 168 Å². The normalized spacial score (nSPS) is 28.3. The van der Waals surface area contributed by atoms with Gasteiger partial charge in [0.25, 0.3) is 0 Å². The van der Waals surface area contributed by atoms with E-state index in [-0.39, 0.29) is 0 Å². The highest BCUT2D eigenvalue weighted by molar-refractivity contribution is 5.80. The first kappa shape index (κ1) is 19.8. The van der Waals surface area contributed by atoms with Crippen LogP contribution in [0, 0.1) is 11.3 Å². The molecule has 6 nitrogen and oxygen atoms in total. The number of fused-ring (bicyclic) bond motifs is 2. The lowest BCUT2D eigenvalue weighted by Gasteiger charge is -2.57. The summed E-state index contributed by atoms with van der Waals surface area (Å²) in [6, 6.07) is 4.45. The lowest BCUT2D eigenvalue weighted by atomic mass is 9.54. The van der Waals surface area contributed by atoms with Crippen LogP contribution in [0.2, 0.25) is 0 Å². The van der Waals surface area contributed by atoms with Crippen molar-refractivity contribution in [3.8, 4) is 0 Å². The van der Waals surface area contributed by atoms with Crippen molar-refractivity contribution in [1.29, 1.82) is 0 Å². The first-order valence-electron chi connectivity index (χ1n) is 11.1. The Morgan fingerprint density at radius 2 is 2.25 bits per heavy atom. The molecule has 0 bridgehead atoms. The number of hydrogen-bond donors (Lipinski definition) is 2. The average molecular weight is 390 g/mol. The molecule has 1 saturated heterocycles. The molecule has 1 spiro atoms. The van der Waals surface area contributed by atoms with Gasteiger partial charge in [-0.15, -0.1) is 0 Å². The Morgan fingerprint density at radius 1 is 1.36 bits per heavy atom. The van der Waals surface area contributed by atoms with Gasteiger partial charge in [0.2, 0.25) is 0 Å². The minimum atomic E-state index is 0.329. The molecule has 2 aliphatic carbocycles. The molecule has 1 aliphatic heterocycles. The summed E-state index contributed by atoms with van der Waals surface area (Å²) in [7, 11) is 0. The number of rotatable bonds is 9. The second kappa shape index (κ2) is 9.31. The van der Waals surface area contributed by atoms with Crippen LogP contribution in [0.1, 0.15) is 51.2 Å². The molecule has 4 rings (SSSR count). The van der Waals surface area contributed by atoms with Crippen LogP contribution in [0.5, 0.6) is 0 Å². The van der Waals surface area contributed by atoms with Gasteiger partial charge >= 0.3 is 0 Å². The SMILES string of the molecule is CCOCCCN=C(NCCc1ccco1)NC1C2CCOC2C12CCCC2. The quantitative estimate of drug-likeness (QED) is 0.386. The molecule has 3 aliphatic rings. The molecule has 28 heavy (non-hydrogen) atoms. The van der Waals surface area contributed by atoms with Gasteiger partial charge in [-0.05, 0) is 44.7 Å². The summed E-state index contributed by atoms with van der Waals surface area (Å²) < 4.78 is 17.0. The Kier molecular flexibility index (Phi) is 6.58. The fourth-order valence-electron chi connectivity index (χ4n) is 5.46. The van der Waals surface area contributed by atoms with Gasteiger partial charge in [-0.2, -0.15) is 0 Å². The highest BCUT2D eigenvalue weighted by Gasteiger charge is 2.65. The van der Waals surface area contributed by atoms with Crippen molar-refractivity contribution in [2.75, 3.05) is 32.9 Å². The van der Waals surface area contributed by atoms with Gasteiger partial charge in [-0.3, -0.25) is 4.99 Å². The van der Waals surface area contributed by atoms with Crippen molar-refractivity contribution in [2.24, 2.45) is 16.3 Å². The third kappa shape index (κ3) is 4.08. The van der Waals surface area contributed by atoms with E-state index in [0.29, 0.717) is 23.5 Å². The van der Waals surface area contributed by atoms with E-state index in [4.69, 9.17) is 18.9 Å². The van der Waals surface area contributed by atoms with Gasteiger partial charge in [-0.1, -0.05) is 12.8 Å². The van der Waals surface area contributed by atoms with Crippen LogP contribution in [-0.4, -0.2) is 51.0 Å². The van der Waals surface area contributed by atoms with Crippen LogP contribution in [0.15, 0.2) is 27.8 Å². The summed E-state index contributed by atoms with van der Waals surface area (Å²) in [4.78, 5) is 4.85. The van der Waals surface area contributed by atoms with Crippen LogP contribution in [-0.2, 0) is 15.9 Å². The monoisotopic (exact) mass is 389 g/mol. The van der Waals surface area contributed by atoms with Gasteiger partial charge in [0.05, 0.1) is 12.4 Å². The Hall–Kier alpha value is -1.53. The highest BCUT2D eigenvalue weighted by atomic mass is 16.5. The van der Waals surface area contributed by atoms with Crippen molar-refractivity contribution in [3.05, 3.63) is 24.2 Å². The second-order valence-electron chi connectivity index (χ2n) is 8.34. The van der Waals surface area contributed by atoms with E-state index in [9.17, 15) is 0 Å². The largest absolute Gasteiger partial charge is 0.469 e. The number of ether oxygens (including phenoxy) is 2. The summed E-state index contributed by atoms with van der Waals surface area (Å²) in [5, 5.41) is 7.35. The standard InChI is InChI=1S/C22H35N3O3/c1-2-26-14-6-12-23-21(24-13-8-17-7-5-15-27-17)25-19-18-9-16-28-20(18)22(19)10-3-4-11-22/h5,7,15,18-20H,2-4,6,8-14,16H2,1H3,(H2,23,24,25).